The first-order chi connectivity index (χ1) is 11.5. The normalized spacial score (nSPS) is 11.9. The Labute approximate surface area is 146 Å². The van der Waals surface area contributed by atoms with E-state index >= 15 is 0 Å². The van der Waals surface area contributed by atoms with Crippen LogP contribution in [0.1, 0.15) is 24.1 Å². The third-order valence-corrected chi connectivity index (χ3v) is 4.25. The Bertz CT molecular complexity index is 709. The molecule has 1 N–H and O–H groups in total. The van der Waals surface area contributed by atoms with Crippen molar-refractivity contribution >= 4 is 11.6 Å². The van der Waals surface area contributed by atoms with Gasteiger partial charge in [0.15, 0.2) is 23.1 Å². The maximum atomic E-state index is 13.8. The first-order valence-corrected chi connectivity index (χ1v) is 7.85. The zero-order valence-electron chi connectivity index (χ0n) is 14.2. The number of rotatable bonds is 7. The average Bonchev–Trinajstić information content (AvgIpc) is 2.59. The number of hydrogen-bond donors (Lipinski definition) is 1. The van der Waals surface area contributed by atoms with E-state index in [4.69, 9.17) is 25.8 Å². The Kier molecular flexibility index (Phi) is 6.29. The minimum absolute atomic E-state index is 0.0606. The molecular formula is C18H21ClFNO3. The van der Waals surface area contributed by atoms with Crippen LogP contribution >= 0.6 is 11.6 Å². The van der Waals surface area contributed by atoms with Gasteiger partial charge in [-0.25, -0.2) is 4.39 Å². The van der Waals surface area contributed by atoms with Gasteiger partial charge in [-0.2, -0.15) is 0 Å². The van der Waals surface area contributed by atoms with Crippen LogP contribution in [0.5, 0.6) is 17.2 Å². The van der Waals surface area contributed by atoms with Crippen LogP contribution in [0.3, 0.4) is 0 Å². The summed E-state index contributed by atoms with van der Waals surface area (Å²) in [5.41, 5.74) is 1.69. The molecule has 4 nitrogen and oxygen atoms in total. The molecule has 0 aliphatic heterocycles. The smallest absolute Gasteiger partial charge is 0.179 e. The average molecular weight is 354 g/mol. The molecule has 6 heteroatoms. The number of halogens is 2. The predicted octanol–water partition coefficient (Wildman–Crippen LogP) is 4.36. The molecule has 0 spiro atoms. The number of ether oxygens (including phenoxy) is 3. The van der Waals surface area contributed by atoms with Crippen LogP contribution in [0.25, 0.3) is 0 Å². The highest BCUT2D eigenvalue weighted by Gasteiger charge is 2.14. The lowest BCUT2D eigenvalue weighted by Crippen LogP contribution is -2.18. The quantitative estimate of drug-likeness (QED) is 0.803. The van der Waals surface area contributed by atoms with Gasteiger partial charge in [-0.15, -0.1) is 0 Å². The molecule has 0 aliphatic carbocycles. The maximum absolute atomic E-state index is 13.8. The summed E-state index contributed by atoms with van der Waals surface area (Å²) in [4.78, 5) is 0. The molecule has 0 aromatic heterocycles. The molecule has 0 amide bonds. The standard InChI is InChI=1S/C18H21ClFNO3/c1-11(12-5-7-15(22-2)14(20)9-12)21-10-13-6-8-16(23-3)18(24-4)17(13)19/h5-9,11,21H,10H2,1-4H3. The largest absolute Gasteiger partial charge is 0.494 e. The third kappa shape index (κ3) is 3.91. The molecule has 130 valence electrons. The minimum atomic E-state index is -0.382. The van der Waals surface area contributed by atoms with E-state index in [1.165, 1.54) is 13.2 Å². The number of nitrogens with one attached hydrogen (secondary N) is 1. The molecule has 0 fully saturated rings. The van der Waals surface area contributed by atoms with Crippen LogP contribution in [0.2, 0.25) is 5.02 Å². The number of methoxy groups -OCH3 is 3. The van der Waals surface area contributed by atoms with Gasteiger partial charge in [0, 0.05) is 12.6 Å². The topological polar surface area (TPSA) is 39.7 Å². The van der Waals surface area contributed by atoms with E-state index < -0.39 is 0 Å². The monoisotopic (exact) mass is 353 g/mol. The molecule has 0 heterocycles. The van der Waals surface area contributed by atoms with Gasteiger partial charge in [-0.1, -0.05) is 23.7 Å². The zero-order chi connectivity index (χ0) is 17.7. The Morgan fingerprint density at radius 1 is 1.04 bits per heavy atom. The zero-order valence-corrected chi connectivity index (χ0v) is 14.9. The minimum Gasteiger partial charge on any atom is -0.494 e. The van der Waals surface area contributed by atoms with Gasteiger partial charge in [0.2, 0.25) is 0 Å². The summed E-state index contributed by atoms with van der Waals surface area (Å²) in [6.45, 7) is 2.46. The van der Waals surface area contributed by atoms with E-state index in [0.29, 0.717) is 23.1 Å². The fourth-order valence-corrected chi connectivity index (χ4v) is 2.70. The Morgan fingerprint density at radius 2 is 1.71 bits per heavy atom. The molecule has 2 aromatic carbocycles. The van der Waals surface area contributed by atoms with Crippen molar-refractivity contribution in [2.75, 3.05) is 21.3 Å². The van der Waals surface area contributed by atoms with Gasteiger partial charge in [0.25, 0.3) is 0 Å². The Balaban J connectivity index is 2.11. The van der Waals surface area contributed by atoms with E-state index in [1.807, 2.05) is 19.1 Å². The van der Waals surface area contributed by atoms with Gasteiger partial charge >= 0.3 is 0 Å². The molecule has 1 atom stereocenters. The molecule has 2 aromatic rings. The second kappa shape index (κ2) is 8.22. The lowest BCUT2D eigenvalue weighted by molar-refractivity contribution is 0.354. The van der Waals surface area contributed by atoms with E-state index in [-0.39, 0.29) is 17.6 Å². The summed E-state index contributed by atoms with van der Waals surface area (Å²) in [6, 6.07) is 8.53. The highest BCUT2D eigenvalue weighted by Crippen LogP contribution is 2.37. The van der Waals surface area contributed by atoms with Gasteiger partial charge < -0.3 is 19.5 Å². The van der Waals surface area contributed by atoms with E-state index in [2.05, 4.69) is 5.32 Å². The Hall–Kier alpha value is -1.98. The molecule has 2 rings (SSSR count). The molecule has 0 bridgehead atoms. The fourth-order valence-electron chi connectivity index (χ4n) is 2.40. The van der Waals surface area contributed by atoms with Crippen LogP contribution in [-0.2, 0) is 6.54 Å². The van der Waals surface area contributed by atoms with Crippen LogP contribution in [0.4, 0.5) is 4.39 Å². The van der Waals surface area contributed by atoms with Crippen LogP contribution in [0.15, 0.2) is 30.3 Å². The molecule has 0 radical (unpaired) electrons. The van der Waals surface area contributed by atoms with Gasteiger partial charge in [0.1, 0.15) is 0 Å². The summed E-state index contributed by atoms with van der Waals surface area (Å²) in [5, 5.41) is 3.82. The highest BCUT2D eigenvalue weighted by molar-refractivity contribution is 6.33. The van der Waals surface area contributed by atoms with Crippen molar-refractivity contribution in [2.24, 2.45) is 0 Å². The summed E-state index contributed by atoms with van der Waals surface area (Å²) in [7, 11) is 4.55. The van der Waals surface area contributed by atoms with Crippen molar-refractivity contribution in [1.82, 2.24) is 5.32 Å². The van der Waals surface area contributed by atoms with Crippen molar-refractivity contribution in [1.29, 1.82) is 0 Å². The van der Waals surface area contributed by atoms with E-state index in [1.54, 1.807) is 26.4 Å². The molecule has 0 aliphatic rings. The maximum Gasteiger partial charge on any atom is 0.179 e. The van der Waals surface area contributed by atoms with Gasteiger partial charge in [0.05, 0.1) is 26.4 Å². The van der Waals surface area contributed by atoms with Crippen molar-refractivity contribution in [3.63, 3.8) is 0 Å². The molecule has 1 unspecified atom stereocenters. The first-order valence-electron chi connectivity index (χ1n) is 7.48. The summed E-state index contributed by atoms with van der Waals surface area (Å²) in [6.07, 6.45) is 0. The fraction of sp³-hybridized carbons (Fsp3) is 0.333. The second-order valence-electron chi connectivity index (χ2n) is 5.27. The summed E-state index contributed by atoms with van der Waals surface area (Å²) in [5.74, 6) is 0.930. The van der Waals surface area contributed by atoms with Gasteiger partial charge in [-0.05, 0) is 36.2 Å². The number of hydrogen-bond acceptors (Lipinski definition) is 4. The second-order valence-corrected chi connectivity index (χ2v) is 5.65. The summed E-state index contributed by atoms with van der Waals surface area (Å²) >= 11 is 6.37. The Morgan fingerprint density at radius 3 is 2.29 bits per heavy atom. The first kappa shape index (κ1) is 18.4. The van der Waals surface area contributed by atoms with Crippen molar-refractivity contribution < 1.29 is 18.6 Å². The molecule has 24 heavy (non-hydrogen) atoms. The molecule has 0 saturated carbocycles. The molecular weight excluding hydrogens is 333 g/mol. The lowest BCUT2D eigenvalue weighted by Gasteiger charge is -2.17. The van der Waals surface area contributed by atoms with Crippen LogP contribution in [0, 0.1) is 5.82 Å². The van der Waals surface area contributed by atoms with Crippen molar-refractivity contribution in [2.45, 2.75) is 19.5 Å². The SMILES string of the molecule is COc1ccc(C(C)NCc2ccc(OC)c(OC)c2Cl)cc1F. The number of benzene rings is 2. The van der Waals surface area contributed by atoms with E-state index in [0.717, 1.165) is 11.1 Å². The predicted molar refractivity (Wildman–Crippen MR) is 92.8 cm³/mol. The van der Waals surface area contributed by atoms with Crippen molar-refractivity contribution in [3.05, 3.63) is 52.3 Å². The van der Waals surface area contributed by atoms with Gasteiger partial charge in [-0.3, -0.25) is 0 Å². The highest BCUT2D eigenvalue weighted by atomic mass is 35.5. The third-order valence-electron chi connectivity index (χ3n) is 3.84. The van der Waals surface area contributed by atoms with E-state index in [9.17, 15) is 4.39 Å². The van der Waals surface area contributed by atoms with Crippen LogP contribution < -0.4 is 19.5 Å². The molecule has 0 saturated heterocycles. The lowest BCUT2D eigenvalue weighted by atomic mass is 10.1. The van der Waals surface area contributed by atoms with Crippen LogP contribution in [-0.4, -0.2) is 21.3 Å². The van der Waals surface area contributed by atoms with Crippen molar-refractivity contribution in [3.8, 4) is 17.2 Å². The summed E-state index contributed by atoms with van der Waals surface area (Å²) < 4.78 is 29.3.